The van der Waals surface area contributed by atoms with Gasteiger partial charge in [0.15, 0.2) is 0 Å². The maximum atomic E-state index is 13.3. The molecule has 0 amide bonds. The Labute approximate surface area is 120 Å². The van der Waals surface area contributed by atoms with Gasteiger partial charge in [-0.1, -0.05) is 0 Å². The second-order valence-electron chi connectivity index (χ2n) is 5.22. The zero-order valence-corrected chi connectivity index (χ0v) is 11.4. The van der Waals surface area contributed by atoms with Crippen LogP contribution in [0.25, 0.3) is 27.4 Å². The highest BCUT2D eigenvalue weighted by Gasteiger charge is 2.11. The Morgan fingerprint density at radius 3 is 2.71 bits per heavy atom. The number of aromatic nitrogens is 2. The molecule has 0 atom stereocenters. The highest BCUT2D eigenvalue weighted by atomic mass is 19.1. The van der Waals surface area contributed by atoms with Crippen LogP contribution in [0.5, 0.6) is 5.88 Å². The zero-order chi connectivity index (χ0) is 14.6. The lowest BCUT2D eigenvalue weighted by molar-refractivity contribution is 0.448. The normalized spacial score (nSPS) is 11.5. The van der Waals surface area contributed by atoms with Crippen molar-refractivity contribution >= 4 is 21.7 Å². The minimum atomic E-state index is -0.353. The van der Waals surface area contributed by atoms with Crippen LogP contribution < -0.4 is 0 Å². The number of hydrogen-bond donors (Lipinski definition) is 1. The molecular formula is C17H13FN2O. The molecule has 0 saturated heterocycles. The topological polar surface area (TPSA) is 30.1 Å². The lowest BCUT2D eigenvalue weighted by atomic mass is 10.2. The third-order valence-electron chi connectivity index (χ3n) is 3.90. The molecule has 0 radical (unpaired) electrons. The van der Waals surface area contributed by atoms with Gasteiger partial charge in [0.05, 0.1) is 0 Å². The van der Waals surface area contributed by atoms with E-state index in [-0.39, 0.29) is 11.7 Å². The van der Waals surface area contributed by atoms with E-state index in [1.54, 1.807) is 10.6 Å². The second-order valence-corrected chi connectivity index (χ2v) is 5.22. The van der Waals surface area contributed by atoms with Crippen LogP contribution in [0, 0.1) is 5.82 Å². The Balaban J connectivity index is 1.97. The van der Waals surface area contributed by atoms with E-state index in [0.717, 1.165) is 22.0 Å². The van der Waals surface area contributed by atoms with E-state index in [2.05, 4.69) is 0 Å². The molecule has 3 nitrogen and oxygen atoms in total. The molecule has 4 rings (SSSR count). The molecule has 2 aromatic carbocycles. The van der Waals surface area contributed by atoms with Gasteiger partial charge < -0.3 is 9.67 Å². The Morgan fingerprint density at radius 1 is 1.00 bits per heavy atom. The smallest absolute Gasteiger partial charge is 0.203 e. The van der Waals surface area contributed by atoms with Crippen molar-refractivity contribution in [2.45, 2.75) is 0 Å². The van der Waals surface area contributed by atoms with E-state index < -0.39 is 0 Å². The van der Waals surface area contributed by atoms with Gasteiger partial charge in [0.2, 0.25) is 5.88 Å². The number of aryl methyl sites for hydroxylation is 1. The second kappa shape index (κ2) is 4.12. The van der Waals surface area contributed by atoms with Gasteiger partial charge in [-0.2, -0.15) is 0 Å². The first kappa shape index (κ1) is 12.0. The first-order chi connectivity index (χ1) is 10.1. The fraction of sp³-hybridized carbons (Fsp3) is 0.0588. The number of nitrogens with zero attached hydrogens (tertiary/aromatic N) is 2. The number of rotatable bonds is 1. The maximum Gasteiger partial charge on any atom is 0.203 e. The molecule has 21 heavy (non-hydrogen) atoms. The van der Waals surface area contributed by atoms with Gasteiger partial charge in [-0.3, -0.25) is 4.57 Å². The lowest BCUT2D eigenvalue weighted by Crippen LogP contribution is -1.91. The van der Waals surface area contributed by atoms with E-state index in [1.165, 1.54) is 12.1 Å². The van der Waals surface area contributed by atoms with E-state index in [0.29, 0.717) is 5.39 Å². The highest BCUT2D eigenvalue weighted by Crippen LogP contribution is 2.31. The Morgan fingerprint density at radius 2 is 1.86 bits per heavy atom. The summed E-state index contributed by atoms with van der Waals surface area (Å²) in [6.07, 6.45) is 3.81. The summed E-state index contributed by atoms with van der Waals surface area (Å²) in [5.74, 6) is -0.297. The Hall–Kier alpha value is -2.75. The summed E-state index contributed by atoms with van der Waals surface area (Å²) in [6.45, 7) is 0. The van der Waals surface area contributed by atoms with Gasteiger partial charge >= 0.3 is 0 Å². The van der Waals surface area contributed by atoms with Crippen LogP contribution in [-0.4, -0.2) is 14.2 Å². The quantitative estimate of drug-likeness (QED) is 0.562. The Kier molecular flexibility index (Phi) is 2.36. The number of benzene rings is 2. The van der Waals surface area contributed by atoms with Crippen molar-refractivity contribution in [1.29, 1.82) is 0 Å². The number of fused-ring (bicyclic) bond motifs is 2. The van der Waals surface area contributed by atoms with Gasteiger partial charge in [-0.15, -0.1) is 0 Å². The van der Waals surface area contributed by atoms with Crippen LogP contribution in [0.2, 0.25) is 0 Å². The zero-order valence-electron chi connectivity index (χ0n) is 11.4. The molecule has 0 aliphatic carbocycles. The van der Waals surface area contributed by atoms with Crippen LogP contribution in [0.1, 0.15) is 0 Å². The van der Waals surface area contributed by atoms with E-state index in [4.69, 9.17) is 0 Å². The van der Waals surface area contributed by atoms with Gasteiger partial charge in [-0.05, 0) is 42.5 Å². The first-order valence-corrected chi connectivity index (χ1v) is 6.68. The molecule has 0 saturated carbocycles. The molecule has 4 aromatic rings. The average molecular weight is 280 g/mol. The molecule has 0 aliphatic heterocycles. The Bertz CT molecular complexity index is 981. The molecule has 0 bridgehead atoms. The number of aromatic hydroxyl groups is 1. The molecule has 0 aliphatic rings. The molecular weight excluding hydrogens is 267 g/mol. The first-order valence-electron chi connectivity index (χ1n) is 6.68. The summed E-state index contributed by atoms with van der Waals surface area (Å²) in [6, 6.07) is 12.4. The molecule has 104 valence electrons. The summed E-state index contributed by atoms with van der Waals surface area (Å²) in [5.41, 5.74) is 1.98. The highest BCUT2D eigenvalue weighted by molar-refractivity contribution is 5.89. The number of hydrogen-bond acceptors (Lipinski definition) is 1. The van der Waals surface area contributed by atoms with Crippen molar-refractivity contribution in [1.82, 2.24) is 9.13 Å². The van der Waals surface area contributed by atoms with Gasteiger partial charge in [-0.25, -0.2) is 4.39 Å². The van der Waals surface area contributed by atoms with Crippen molar-refractivity contribution in [3.63, 3.8) is 0 Å². The SMILES string of the molecule is Cn1ccc2cc(-n3cc4ccc(F)cc4c3O)ccc21. The lowest BCUT2D eigenvalue weighted by Gasteiger charge is -2.05. The van der Waals surface area contributed by atoms with Crippen molar-refractivity contribution in [2.75, 3.05) is 0 Å². The maximum absolute atomic E-state index is 13.3. The van der Waals surface area contributed by atoms with Crippen molar-refractivity contribution in [3.05, 3.63) is 60.7 Å². The van der Waals surface area contributed by atoms with Crippen molar-refractivity contribution in [2.24, 2.45) is 7.05 Å². The fourth-order valence-corrected chi connectivity index (χ4v) is 2.78. The summed E-state index contributed by atoms with van der Waals surface area (Å²) >= 11 is 0. The monoisotopic (exact) mass is 280 g/mol. The standard InChI is InChI=1S/C17H13FN2O/c1-19-7-6-11-8-14(4-5-16(11)19)20-10-12-2-3-13(18)9-15(12)17(20)21/h2-10,21H,1H3. The minimum absolute atomic E-state index is 0.0554. The summed E-state index contributed by atoms with van der Waals surface area (Å²) < 4.78 is 17.0. The predicted molar refractivity (Wildman–Crippen MR) is 81.4 cm³/mol. The van der Waals surface area contributed by atoms with Gasteiger partial charge in [0.1, 0.15) is 5.82 Å². The third kappa shape index (κ3) is 1.72. The van der Waals surface area contributed by atoms with Gasteiger partial charge in [0, 0.05) is 46.8 Å². The van der Waals surface area contributed by atoms with Crippen LogP contribution in [0.3, 0.4) is 0 Å². The molecule has 2 heterocycles. The minimum Gasteiger partial charge on any atom is -0.494 e. The van der Waals surface area contributed by atoms with E-state index in [1.807, 2.05) is 48.3 Å². The average Bonchev–Trinajstić information content (AvgIpc) is 3.01. The molecule has 2 aromatic heterocycles. The van der Waals surface area contributed by atoms with Crippen LogP contribution in [0.4, 0.5) is 4.39 Å². The van der Waals surface area contributed by atoms with Crippen molar-refractivity contribution in [3.8, 4) is 11.6 Å². The van der Waals surface area contributed by atoms with Crippen molar-refractivity contribution < 1.29 is 9.50 Å². The number of halogens is 1. The van der Waals surface area contributed by atoms with Gasteiger partial charge in [0.25, 0.3) is 0 Å². The molecule has 4 heteroatoms. The molecule has 1 N–H and O–H groups in total. The molecule has 0 unspecified atom stereocenters. The van der Waals surface area contributed by atoms with Crippen LogP contribution >= 0.6 is 0 Å². The molecule has 0 spiro atoms. The molecule has 0 fully saturated rings. The van der Waals surface area contributed by atoms with E-state index in [9.17, 15) is 9.50 Å². The van der Waals surface area contributed by atoms with E-state index >= 15 is 0 Å². The largest absolute Gasteiger partial charge is 0.494 e. The van der Waals surface area contributed by atoms with Crippen LogP contribution in [0.15, 0.2) is 54.9 Å². The van der Waals surface area contributed by atoms with Crippen LogP contribution in [-0.2, 0) is 7.05 Å². The predicted octanol–water partition coefficient (Wildman–Crippen LogP) is 3.97. The summed E-state index contributed by atoms with van der Waals surface area (Å²) in [7, 11) is 1.99. The summed E-state index contributed by atoms with van der Waals surface area (Å²) in [5, 5.41) is 12.8. The third-order valence-corrected chi connectivity index (χ3v) is 3.90. The fourth-order valence-electron chi connectivity index (χ4n) is 2.78. The summed E-state index contributed by atoms with van der Waals surface area (Å²) in [4.78, 5) is 0.